The van der Waals surface area contributed by atoms with Crippen LogP contribution < -0.4 is 10.6 Å². The van der Waals surface area contributed by atoms with Gasteiger partial charge in [-0.25, -0.2) is 0 Å². The number of hydrogen-bond acceptors (Lipinski definition) is 6. The molecule has 0 radical (unpaired) electrons. The molecular formula is C23H20N4O2S. The quantitative estimate of drug-likeness (QED) is 0.378. The maximum absolute atomic E-state index is 12.8. The van der Waals surface area contributed by atoms with E-state index in [9.17, 15) is 4.79 Å². The lowest BCUT2D eigenvalue weighted by atomic mass is 10.2. The highest BCUT2D eigenvalue weighted by molar-refractivity contribution is 7.98. The molecule has 0 aliphatic rings. The standard InChI is InChI=1S/C23H20N4O2S/c1-16-24-22(27-29-16)15-30-21-10-6-5-9-20(21)23(28)26-19-13-11-18(12-14-19)25-17-7-3-2-4-8-17/h2-14,25H,15H2,1H3,(H,26,28). The average molecular weight is 417 g/mol. The van der Waals surface area contributed by atoms with Gasteiger partial charge in [-0.15, -0.1) is 11.8 Å². The highest BCUT2D eigenvalue weighted by atomic mass is 32.2. The van der Waals surface area contributed by atoms with E-state index in [1.165, 1.54) is 11.8 Å². The van der Waals surface area contributed by atoms with E-state index in [4.69, 9.17) is 4.52 Å². The SMILES string of the molecule is Cc1nc(CSc2ccccc2C(=O)Nc2ccc(Nc3ccccc3)cc2)no1. The number of carbonyl (C=O) groups is 1. The van der Waals surface area contributed by atoms with E-state index in [1.807, 2.05) is 78.9 Å². The summed E-state index contributed by atoms with van der Waals surface area (Å²) in [6.45, 7) is 1.75. The van der Waals surface area contributed by atoms with Gasteiger partial charge < -0.3 is 15.2 Å². The number of para-hydroxylation sites is 1. The highest BCUT2D eigenvalue weighted by Crippen LogP contribution is 2.26. The van der Waals surface area contributed by atoms with Crippen LogP contribution in [0.2, 0.25) is 0 Å². The molecule has 0 bridgehead atoms. The fraction of sp³-hybridized carbons (Fsp3) is 0.0870. The molecule has 0 spiro atoms. The average Bonchev–Trinajstić information content (AvgIpc) is 3.20. The van der Waals surface area contributed by atoms with Crippen LogP contribution in [-0.2, 0) is 5.75 Å². The monoisotopic (exact) mass is 416 g/mol. The fourth-order valence-electron chi connectivity index (χ4n) is 2.85. The van der Waals surface area contributed by atoms with Gasteiger partial charge in [-0.05, 0) is 48.5 Å². The zero-order valence-corrected chi connectivity index (χ0v) is 17.1. The largest absolute Gasteiger partial charge is 0.356 e. The molecule has 7 heteroatoms. The molecular weight excluding hydrogens is 396 g/mol. The third-order valence-corrected chi connectivity index (χ3v) is 5.33. The van der Waals surface area contributed by atoms with Gasteiger partial charge >= 0.3 is 0 Å². The third-order valence-electron chi connectivity index (χ3n) is 4.26. The van der Waals surface area contributed by atoms with Crippen molar-refractivity contribution in [3.05, 3.63) is 96.1 Å². The molecule has 0 unspecified atom stereocenters. The lowest BCUT2D eigenvalue weighted by Gasteiger charge is -2.11. The predicted molar refractivity (Wildman–Crippen MR) is 119 cm³/mol. The van der Waals surface area contributed by atoms with Gasteiger partial charge in [0.15, 0.2) is 5.82 Å². The van der Waals surface area contributed by atoms with E-state index in [0.717, 1.165) is 22.0 Å². The predicted octanol–water partition coefficient (Wildman–Crippen LogP) is 5.67. The first-order valence-corrected chi connectivity index (χ1v) is 10.4. The molecule has 4 aromatic rings. The summed E-state index contributed by atoms with van der Waals surface area (Å²) >= 11 is 1.50. The normalized spacial score (nSPS) is 10.6. The zero-order chi connectivity index (χ0) is 20.8. The number of carbonyl (C=O) groups excluding carboxylic acids is 1. The lowest BCUT2D eigenvalue weighted by molar-refractivity contribution is 0.102. The maximum atomic E-state index is 12.8. The summed E-state index contributed by atoms with van der Waals surface area (Å²) in [5, 5.41) is 10.2. The number of benzene rings is 3. The van der Waals surface area contributed by atoms with Crippen molar-refractivity contribution in [2.24, 2.45) is 0 Å². The van der Waals surface area contributed by atoms with E-state index in [0.29, 0.717) is 23.0 Å². The Morgan fingerprint density at radius 3 is 2.30 bits per heavy atom. The summed E-state index contributed by atoms with van der Waals surface area (Å²) in [5.41, 5.74) is 3.30. The molecule has 0 aliphatic heterocycles. The second-order valence-corrected chi connectivity index (χ2v) is 7.55. The number of anilines is 3. The van der Waals surface area contributed by atoms with Gasteiger partial charge in [-0.2, -0.15) is 4.98 Å². The Morgan fingerprint density at radius 1 is 0.900 bits per heavy atom. The Labute approximate surface area is 178 Å². The van der Waals surface area contributed by atoms with E-state index in [2.05, 4.69) is 20.8 Å². The number of aromatic nitrogens is 2. The molecule has 0 atom stereocenters. The number of thioether (sulfide) groups is 1. The fourth-order valence-corrected chi connectivity index (χ4v) is 3.74. The summed E-state index contributed by atoms with van der Waals surface area (Å²) in [4.78, 5) is 17.9. The van der Waals surface area contributed by atoms with E-state index >= 15 is 0 Å². The Balaban J connectivity index is 1.41. The highest BCUT2D eigenvalue weighted by Gasteiger charge is 2.13. The van der Waals surface area contributed by atoms with Gasteiger partial charge in [-0.3, -0.25) is 4.79 Å². The van der Waals surface area contributed by atoms with E-state index in [1.54, 1.807) is 6.92 Å². The molecule has 150 valence electrons. The molecule has 3 aromatic carbocycles. The van der Waals surface area contributed by atoms with Gasteiger partial charge in [0.25, 0.3) is 5.91 Å². The van der Waals surface area contributed by atoms with Crippen LogP contribution in [-0.4, -0.2) is 16.0 Å². The summed E-state index contributed by atoms with van der Waals surface area (Å²) in [7, 11) is 0. The van der Waals surface area contributed by atoms with Crippen molar-refractivity contribution in [3.63, 3.8) is 0 Å². The first-order chi connectivity index (χ1) is 14.7. The molecule has 0 fully saturated rings. The minimum Gasteiger partial charge on any atom is -0.356 e. The van der Waals surface area contributed by atoms with Crippen LogP contribution in [0.1, 0.15) is 22.1 Å². The van der Waals surface area contributed by atoms with Crippen LogP contribution in [0.25, 0.3) is 0 Å². The summed E-state index contributed by atoms with van der Waals surface area (Å²) in [6.07, 6.45) is 0. The number of nitrogens with one attached hydrogen (secondary N) is 2. The number of nitrogens with zero attached hydrogens (tertiary/aromatic N) is 2. The molecule has 4 rings (SSSR count). The minimum atomic E-state index is -0.161. The second-order valence-electron chi connectivity index (χ2n) is 6.54. The molecule has 0 aliphatic carbocycles. The van der Waals surface area contributed by atoms with Gasteiger partial charge in [-0.1, -0.05) is 35.5 Å². The summed E-state index contributed by atoms with van der Waals surface area (Å²) in [5.74, 6) is 1.50. The van der Waals surface area contributed by atoms with Crippen LogP contribution >= 0.6 is 11.8 Å². The zero-order valence-electron chi connectivity index (χ0n) is 16.3. The topological polar surface area (TPSA) is 80.0 Å². The van der Waals surface area contributed by atoms with Crippen molar-refractivity contribution < 1.29 is 9.32 Å². The van der Waals surface area contributed by atoms with Gasteiger partial charge in [0.05, 0.1) is 11.3 Å². The molecule has 1 heterocycles. The molecule has 1 amide bonds. The van der Waals surface area contributed by atoms with Crippen molar-refractivity contribution in [3.8, 4) is 0 Å². The van der Waals surface area contributed by atoms with E-state index < -0.39 is 0 Å². The summed E-state index contributed by atoms with van der Waals surface area (Å²) < 4.78 is 5.00. The second kappa shape index (κ2) is 9.28. The van der Waals surface area contributed by atoms with Crippen molar-refractivity contribution in [1.29, 1.82) is 0 Å². The Hall–Kier alpha value is -3.58. The smallest absolute Gasteiger partial charge is 0.256 e. The van der Waals surface area contributed by atoms with Crippen molar-refractivity contribution in [1.82, 2.24) is 10.1 Å². The third kappa shape index (κ3) is 5.07. The Bertz CT molecular complexity index is 1130. The molecule has 30 heavy (non-hydrogen) atoms. The lowest BCUT2D eigenvalue weighted by Crippen LogP contribution is -2.13. The van der Waals surface area contributed by atoms with Gasteiger partial charge in [0.1, 0.15) is 0 Å². The molecule has 0 saturated carbocycles. The summed E-state index contributed by atoms with van der Waals surface area (Å²) in [6, 6.07) is 25.0. The maximum Gasteiger partial charge on any atom is 0.256 e. The van der Waals surface area contributed by atoms with Crippen LogP contribution in [0.3, 0.4) is 0 Å². The number of hydrogen-bond donors (Lipinski definition) is 2. The van der Waals surface area contributed by atoms with Crippen LogP contribution in [0.5, 0.6) is 0 Å². The van der Waals surface area contributed by atoms with Crippen molar-refractivity contribution in [2.45, 2.75) is 17.6 Å². The minimum absolute atomic E-state index is 0.161. The van der Waals surface area contributed by atoms with Crippen molar-refractivity contribution >= 4 is 34.7 Å². The first kappa shape index (κ1) is 19.7. The van der Waals surface area contributed by atoms with Crippen molar-refractivity contribution in [2.75, 3.05) is 10.6 Å². The molecule has 1 aromatic heterocycles. The Kier molecular flexibility index (Phi) is 6.10. The Morgan fingerprint density at radius 2 is 1.57 bits per heavy atom. The first-order valence-electron chi connectivity index (χ1n) is 9.42. The van der Waals surface area contributed by atoms with Crippen LogP contribution in [0.4, 0.5) is 17.1 Å². The number of amides is 1. The number of rotatable bonds is 7. The van der Waals surface area contributed by atoms with Crippen LogP contribution in [0, 0.1) is 6.92 Å². The molecule has 0 saturated heterocycles. The van der Waals surface area contributed by atoms with Gasteiger partial charge in [0.2, 0.25) is 5.89 Å². The van der Waals surface area contributed by atoms with Crippen LogP contribution in [0.15, 0.2) is 88.3 Å². The van der Waals surface area contributed by atoms with E-state index in [-0.39, 0.29) is 5.91 Å². The molecule has 6 nitrogen and oxygen atoms in total. The van der Waals surface area contributed by atoms with Gasteiger partial charge in [0, 0.05) is 28.9 Å². The number of aryl methyl sites for hydroxylation is 1. The molecule has 2 N–H and O–H groups in total.